The van der Waals surface area contributed by atoms with Crippen molar-refractivity contribution in [3.05, 3.63) is 63.6 Å². The molecule has 0 aliphatic heterocycles. The second-order valence-corrected chi connectivity index (χ2v) is 6.87. The van der Waals surface area contributed by atoms with E-state index < -0.39 is 0 Å². The van der Waals surface area contributed by atoms with Crippen LogP contribution in [0.3, 0.4) is 0 Å². The molecule has 2 nitrogen and oxygen atoms in total. The fourth-order valence-electron chi connectivity index (χ4n) is 2.90. The van der Waals surface area contributed by atoms with Gasteiger partial charge in [-0.15, -0.1) is 0 Å². The highest BCUT2D eigenvalue weighted by molar-refractivity contribution is 6.35. The summed E-state index contributed by atoms with van der Waals surface area (Å²) in [7, 11) is 0. The molecule has 23 heavy (non-hydrogen) atoms. The van der Waals surface area contributed by atoms with Crippen molar-refractivity contribution in [2.45, 2.75) is 44.9 Å². The molecule has 0 aromatic heterocycles. The van der Waals surface area contributed by atoms with Crippen LogP contribution in [-0.2, 0) is 13.2 Å². The molecular weight excluding hydrogens is 329 g/mol. The Morgan fingerprint density at radius 3 is 2.43 bits per heavy atom. The Bertz CT molecular complexity index is 636. The van der Waals surface area contributed by atoms with Crippen molar-refractivity contribution in [3.8, 4) is 5.75 Å². The molecule has 1 saturated carbocycles. The second kappa shape index (κ2) is 8.05. The van der Waals surface area contributed by atoms with E-state index in [1.165, 1.54) is 31.2 Å². The average Bonchev–Trinajstić information content (AvgIpc) is 3.07. The predicted octanol–water partition coefficient (Wildman–Crippen LogP) is 5.60. The van der Waals surface area contributed by atoms with Crippen LogP contribution in [0.15, 0.2) is 42.5 Å². The lowest BCUT2D eigenvalue weighted by molar-refractivity contribution is 0.306. The van der Waals surface area contributed by atoms with Crippen LogP contribution in [0.4, 0.5) is 0 Å². The highest BCUT2D eigenvalue weighted by Gasteiger charge is 2.13. The first-order valence-corrected chi connectivity index (χ1v) is 8.85. The zero-order valence-electron chi connectivity index (χ0n) is 13.0. The summed E-state index contributed by atoms with van der Waals surface area (Å²) in [5.41, 5.74) is 2.22. The van der Waals surface area contributed by atoms with Crippen LogP contribution in [-0.4, -0.2) is 6.04 Å². The summed E-state index contributed by atoms with van der Waals surface area (Å²) in [6.45, 7) is 1.36. The predicted molar refractivity (Wildman–Crippen MR) is 96.3 cm³/mol. The Morgan fingerprint density at radius 1 is 1.00 bits per heavy atom. The van der Waals surface area contributed by atoms with Crippen molar-refractivity contribution in [3.63, 3.8) is 0 Å². The Kier molecular flexibility index (Phi) is 5.82. The zero-order valence-corrected chi connectivity index (χ0v) is 14.5. The van der Waals surface area contributed by atoms with E-state index in [0.29, 0.717) is 22.7 Å². The molecule has 0 heterocycles. The molecule has 1 aliphatic rings. The van der Waals surface area contributed by atoms with Gasteiger partial charge in [0.15, 0.2) is 0 Å². The van der Waals surface area contributed by atoms with Crippen LogP contribution < -0.4 is 10.1 Å². The normalized spacial score (nSPS) is 15.0. The Balaban J connectivity index is 1.50. The molecule has 0 amide bonds. The van der Waals surface area contributed by atoms with E-state index in [2.05, 4.69) is 17.4 Å². The minimum absolute atomic E-state index is 0.440. The number of rotatable bonds is 6. The SMILES string of the molecule is Clc1ccc(COc2ccc(CNC3CCCC3)cc2)c(Cl)c1. The fraction of sp³-hybridized carbons (Fsp3) is 0.368. The third-order valence-corrected chi connectivity index (χ3v) is 4.87. The highest BCUT2D eigenvalue weighted by atomic mass is 35.5. The molecule has 3 rings (SSSR count). The number of benzene rings is 2. The Labute approximate surface area is 147 Å². The van der Waals surface area contributed by atoms with Crippen LogP contribution in [0.1, 0.15) is 36.8 Å². The van der Waals surface area contributed by atoms with E-state index in [-0.39, 0.29) is 0 Å². The standard InChI is InChI=1S/C19H21Cl2NO/c20-16-8-7-15(19(21)11-16)13-23-18-9-5-14(6-10-18)12-22-17-3-1-2-4-17/h5-11,17,22H,1-4,12-13H2. The van der Waals surface area contributed by atoms with Gasteiger partial charge in [0, 0.05) is 28.2 Å². The van der Waals surface area contributed by atoms with Crippen LogP contribution in [0.5, 0.6) is 5.75 Å². The van der Waals surface area contributed by atoms with Crippen LogP contribution >= 0.6 is 23.2 Å². The molecule has 4 heteroatoms. The number of halogens is 2. The van der Waals surface area contributed by atoms with E-state index in [4.69, 9.17) is 27.9 Å². The molecule has 0 atom stereocenters. The molecule has 2 aromatic carbocycles. The molecule has 0 unspecified atom stereocenters. The van der Waals surface area contributed by atoms with Crippen LogP contribution in [0, 0.1) is 0 Å². The molecule has 0 saturated heterocycles. The van der Waals surface area contributed by atoms with E-state index in [1.807, 2.05) is 24.3 Å². The summed E-state index contributed by atoms with van der Waals surface area (Å²) >= 11 is 12.0. The summed E-state index contributed by atoms with van der Waals surface area (Å²) < 4.78 is 5.80. The lowest BCUT2D eigenvalue weighted by Gasteiger charge is -2.12. The first-order valence-electron chi connectivity index (χ1n) is 8.10. The summed E-state index contributed by atoms with van der Waals surface area (Å²) in [6, 6.07) is 14.4. The monoisotopic (exact) mass is 349 g/mol. The molecule has 0 bridgehead atoms. The van der Waals surface area contributed by atoms with Gasteiger partial charge in [-0.05, 0) is 42.7 Å². The second-order valence-electron chi connectivity index (χ2n) is 6.03. The van der Waals surface area contributed by atoms with Crippen LogP contribution in [0.2, 0.25) is 10.0 Å². The summed E-state index contributed by atoms with van der Waals surface area (Å²) in [6.07, 6.45) is 5.33. The highest BCUT2D eigenvalue weighted by Crippen LogP contribution is 2.23. The smallest absolute Gasteiger partial charge is 0.119 e. The zero-order chi connectivity index (χ0) is 16.1. The van der Waals surface area contributed by atoms with Gasteiger partial charge < -0.3 is 10.1 Å². The maximum absolute atomic E-state index is 6.15. The molecule has 1 aliphatic carbocycles. The Hall–Kier alpha value is -1.22. The third-order valence-electron chi connectivity index (χ3n) is 4.28. The van der Waals surface area contributed by atoms with E-state index in [0.717, 1.165) is 17.9 Å². The van der Waals surface area contributed by atoms with Gasteiger partial charge in [0.1, 0.15) is 12.4 Å². The summed E-state index contributed by atoms with van der Waals surface area (Å²) in [5, 5.41) is 4.89. The lowest BCUT2D eigenvalue weighted by atomic mass is 10.2. The van der Waals surface area contributed by atoms with Crippen molar-refractivity contribution < 1.29 is 4.74 Å². The minimum Gasteiger partial charge on any atom is -0.489 e. The first kappa shape index (κ1) is 16.6. The Morgan fingerprint density at radius 2 is 1.74 bits per heavy atom. The number of nitrogens with one attached hydrogen (secondary N) is 1. The maximum atomic E-state index is 6.15. The largest absolute Gasteiger partial charge is 0.489 e. The maximum Gasteiger partial charge on any atom is 0.119 e. The van der Waals surface area contributed by atoms with Gasteiger partial charge in [-0.1, -0.05) is 54.2 Å². The number of hydrogen-bond acceptors (Lipinski definition) is 2. The lowest BCUT2D eigenvalue weighted by Crippen LogP contribution is -2.25. The third kappa shape index (κ3) is 4.87. The van der Waals surface area contributed by atoms with Crippen molar-refractivity contribution in [2.24, 2.45) is 0 Å². The molecule has 0 spiro atoms. The minimum atomic E-state index is 0.440. The molecule has 0 radical (unpaired) electrons. The van der Waals surface area contributed by atoms with Crippen molar-refractivity contribution >= 4 is 23.2 Å². The van der Waals surface area contributed by atoms with Gasteiger partial charge >= 0.3 is 0 Å². The summed E-state index contributed by atoms with van der Waals surface area (Å²) in [4.78, 5) is 0. The molecular formula is C19H21Cl2NO. The number of hydrogen-bond donors (Lipinski definition) is 1. The van der Waals surface area contributed by atoms with Gasteiger partial charge in [-0.25, -0.2) is 0 Å². The van der Waals surface area contributed by atoms with Crippen molar-refractivity contribution in [1.82, 2.24) is 5.32 Å². The van der Waals surface area contributed by atoms with Gasteiger partial charge in [0.25, 0.3) is 0 Å². The van der Waals surface area contributed by atoms with E-state index in [9.17, 15) is 0 Å². The van der Waals surface area contributed by atoms with Gasteiger partial charge in [0.2, 0.25) is 0 Å². The van der Waals surface area contributed by atoms with E-state index in [1.54, 1.807) is 6.07 Å². The van der Waals surface area contributed by atoms with Gasteiger partial charge in [-0.2, -0.15) is 0 Å². The quantitative estimate of drug-likeness (QED) is 0.732. The molecule has 122 valence electrons. The topological polar surface area (TPSA) is 21.3 Å². The molecule has 1 fully saturated rings. The van der Waals surface area contributed by atoms with Crippen LogP contribution in [0.25, 0.3) is 0 Å². The number of ether oxygens (including phenoxy) is 1. The molecule has 2 aromatic rings. The first-order chi connectivity index (χ1) is 11.2. The van der Waals surface area contributed by atoms with Crippen molar-refractivity contribution in [1.29, 1.82) is 0 Å². The average molecular weight is 350 g/mol. The van der Waals surface area contributed by atoms with Gasteiger partial charge in [0.05, 0.1) is 0 Å². The molecule has 1 N–H and O–H groups in total. The van der Waals surface area contributed by atoms with Crippen molar-refractivity contribution in [2.75, 3.05) is 0 Å². The summed E-state index contributed by atoms with van der Waals surface area (Å²) in [5.74, 6) is 0.848. The van der Waals surface area contributed by atoms with Gasteiger partial charge in [-0.3, -0.25) is 0 Å². The fourth-order valence-corrected chi connectivity index (χ4v) is 3.36. The van der Waals surface area contributed by atoms with E-state index >= 15 is 0 Å².